The molecule has 0 bridgehead atoms. The summed E-state index contributed by atoms with van der Waals surface area (Å²) in [5, 5.41) is 17.5. The van der Waals surface area contributed by atoms with Crippen molar-refractivity contribution in [2.24, 2.45) is 0 Å². The predicted octanol–water partition coefficient (Wildman–Crippen LogP) is 2.59. The van der Waals surface area contributed by atoms with E-state index >= 15 is 0 Å². The molecule has 1 fully saturated rings. The lowest BCUT2D eigenvalue weighted by molar-refractivity contribution is 0.199. The minimum Gasteiger partial charge on any atom is -0.474 e. The van der Waals surface area contributed by atoms with E-state index in [2.05, 4.69) is 35.6 Å². The molecule has 1 saturated carbocycles. The van der Waals surface area contributed by atoms with Crippen molar-refractivity contribution < 1.29 is 4.74 Å². The van der Waals surface area contributed by atoms with Crippen molar-refractivity contribution in [2.45, 2.75) is 31.3 Å². The highest BCUT2D eigenvalue weighted by Gasteiger charge is 2.31. The van der Waals surface area contributed by atoms with E-state index < -0.39 is 0 Å². The summed E-state index contributed by atoms with van der Waals surface area (Å²) in [7, 11) is 0. The third-order valence-electron chi connectivity index (χ3n) is 4.87. The molecule has 0 spiro atoms. The Kier molecular flexibility index (Phi) is 3.31. The van der Waals surface area contributed by atoms with Crippen LogP contribution in [-0.2, 0) is 0 Å². The van der Waals surface area contributed by atoms with Gasteiger partial charge in [0.1, 0.15) is 18.0 Å². The van der Waals surface area contributed by atoms with Crippen molar-refractivity contribution in [3.05, 3.63) is 48.2 Å². The molecule has 2 atom stereocenters. The van der Waals surface area contributed by atoms with Gasteiger partial charge in [-0.15, -0.1) is 10.2 Å². The second kappa shape index (κ2) is 5.81. The zero-order chi connectivity index (χ0) is 17.5. The standard InChI is InChI=1S/C18H15N7O/c19-8-11-1-4-16(21-9-11)26-13-3-2-12(7-13)18-24-23-15-10-22-17-14(25(15)18)5-6-20-17/h1,4-6,9-10,12-13,20H,2-3,7H2/t12?,13-/m1/s1. The van der Waals surface area contributed by atoms with Gasteiger partial charge in [0, 0.05) is 24.4 Å². The molecule has 1 aliphatic rings. The van der Waals surface area contributed by atoms with E-state index in [1.54, 1.807) is 18.3 Å². The Morgan fingerprint density at radius 2 is 2.12 bits per heavy atom. The Bertz CT molecular complexity index is 1120. The first-order chi connectivity index (χ1) is 12.8. The van der Waals surface area contributed by atoms with Crippen molar-refractivity contribution in [1.29, 1.82) is 5.26 Å². The Morgan fingerprint density at radius 1 is 1.15 bits per heavy atom. The van der Waals surface area contributed by atoms with Gasteiger partial charge in [0.05, 0.1) is 17.3 Å². The fraction of sp³-hybridized carbons (Fsp3) is 0.278. The lowest BCUT2D eigenvalue weighted by Gasteiger charge is -2.13. The van der Waals surface area contributed by atoms with Crippen LogP contribution in [0, 0.1) is 11.3 Å². The smallest absolute Gasteiger partial charge is 0.213 e. The van der Waals surface area contributed by atoms with Crippen LogP contribution in [0.3, 0.4) is 0 Å². The van der Waals surface area contributed by atoms with Crippen LogP contribution in [0.25, 0.3) is 16.8 Å². The third-order valence-corrected chi connectivity index (χ3v) is 4.87. The molecule has 8 heteroatoms. The van der Waals surface area contributed by atoms with Gasteiger partial charge < -0.3 is 9.72 Å². The fourth-order valence-corrected chi connectivity index (χ4v) is 3.63. The van der Waals surface area contributed by atoms with Crippen LogP contribution < -0.4 is 4.74 Å². The van der Waals surface area contributed by atoms with Crippen LogP contribution in [0.4, 0.5) is 0 Å². The summed E-state index contributed by atoms with van der Waals surface area (Å²) < 4.78 is 8.07. The molecule has 4 heterocycles. The van der Waals surface area contributed by atoms with E-state index in [0.29, 0.717) is 11.4 Å². The second-order valence-corrected chi connectivity index (χ2v) is 6.47. The lowest BCUT2D eigenvalue weighted by Crippen LogP contribution is -2.13. The highest BCUT2D eigenvalue weighted by molar-refractivity contribution is 5.74. The highest BCUT2D eigenvalue weighted by atomic mass is 16.5. The van der Waals surface area contributed by atoms with Gasteiger partial charge >= 0.3 is 0 Å². The van der Waals surface area contributed by atoms with E-state index in [9.17, 15) is 0 Å². The third kappa shape index (κ3) is 2.37. The van der Waals surface area contributed by atoms with Crippen LogP contribution in [0.2, 0.25) is 0 Å². The van der Waals surface area contributed by atoms with E-state index in [-0.39, 0.29) is 12.0 Å². The van der Waals surface area contributed by atoms with Crippen LogP contribution in [0.5, 0.6) is 5.88 Å². The van der Waals surface area contributed by atoms with Gasteiger partial charge in [-0.3, -0.25) is 4.40 Å². The van der Waals surface area contributed by atoms with Crippen LogP contribution in [0.15, 0.2) is 36.8 Å². The summed E-state index contributed by atoms with van der Waals surface area (Å²) in [6, 6.07) is 7.51. The maximum atomic E-state index is 8.85. The van der Waals surface area contributed by atoms with E-state index in [1.807, 2.05) is 12.3 Å². The summed E-state index contributed by atoms with van der Waals surface area (Å²) in [6.45, 7) is 0. The first-order valence-electron chi connectivity index (χ1n) is 8.52. The number of aromatic amines is 1. The Morgan fingerprint density at radius 3 is 2.96 bits per heavy atom. The number of aromatic nitrogens is 6. The van der Waals surface area contributed by atoms with Crippen LogP contribution in [-0.4, -0.2) is 35.7 Å². The zero-order valence-electron chi connectivity index (χ0n) is 13.8. The van der Waals surface area contributed by atoms with Gasteiger partial charge in [-0.05, 0) is 31.4 Å². The number of nitrogens with zero attached hydrogens (tertiary/aromatic N) is 6. The van der Waals surface area contributed by atoms with Crippen molar-refractivity contribution in [3.63, 3.8) is 0 Å². The molecule has 128 valence electrons. The number of fused-ring (bicyclic) bond motifs is 3. The van der Waals surface area contributed by atoms with Gasteiger partial charge in [0.2, 0.25) is 5.88 Å². The summed E-state index contributed by atoms with van der Waals surface area (Å²) in [5.41, 5.74) is 3.10. The monoisotopic (exact) mass is 345 g/mol. The number of nitriles is 1. The Hall–Kier alpha value is -3.47. The minimum absolute atomic E-state index is 0.0799. The van der Waals surface area contributed by atoms with Crippen molar-refractivity contribution >= 4 is 16.8 Å². The van der Waals surface area contributed by atoms with Crippen molar-refractivity contribution in [2.75, 3.05) is 0 Å². The molecule has 5 rings (SSSR count). The molecule has 0 saturated heterocycles. The number of nitrogens with one attached hydrogen (secondary N) is 1. The number of pyridine rings is 1. The summed E-state index contributed by atoms with van der Waals surface area (Å²) in [5.74, 6) is 1.78. The van der Waals surface area contributed by atoms with Crippen LogP contribution in [0.1, 0.15) is 36.6 Å². The van der Waals surface area contributed by atoms with Gasteiger partial charge in [0.15, 0.2) is 11.3 Å². The number of rotatable bonds is 3. The number of H-pyrrole nitrogens is 1. The molecule has 0 aliphatic heterocycles. The van der Waals surface area contributed by atoms with E-state index in [0.717, 1.165) is 41.9 Å². The highest BCUT2D eigenvalue weighted by Crippen LogP contribution is 2.36. The van der Waals surface area contributed by atoms with Gasteiger partial charge in [-0.25, -0.2) is 9.97 Å². The predicted molar refractivity (Wildman–Crippen MR) is 92.6 cm³/mol. The van der Waals surface area contributed by atoms with Crippen molar-refractivity contribution in [3.8, 4) is 11.9 Å². The van der Waals surface area contributed by atoms with Gasteiger partial charge in [0.25, 0.3) is 0 Å². The number of ether oxygens (including phenoxy) is 1. The van der Waals surface area contributed by atoms with E-state index in [4.69, 9.17) is 10.00 Å². The molecule has 4 aromatic rings. The van der Waals surface area contributed by atoms with E-state index in [1.165, 1.54) is 6.20 Å². The molecule has 0 amide bonds. The molecular weight excluding hydrogens is 330 g/mol. The first kappa shape index (κ1) is 14.8. The topological polar surface area (TPSA) is 105 Å². The maximum Gasteiger partial charge on any atom is 0.213 e. The summed E-state index contributed by atoms with van der Waals surface area (Å²) >= 11 is 0. The molecule has 8 nitrogen and oxygen atoms in total. The summed E-state index contributed by atoms with van der Waals surface area (Å²) in [6.07, 6.45) is 7.99. The quantitative estimate of drug-likeness (QED) is 0.612. The number of hydrogen-bond acceptors (Lipinski definition) is 6. The van der Waals surface area contributed by atoms with Gasteiger partial charge in [-0.1, -0.05) is 0 Å². The zero-order valence-corrected chi connectivity index (χ0v) is 13.8. The molecule has 0 aromatic carbocycles. The normalized spacial score (nSPS) is 19.8. The minimum atomic E-state index is 0.0799. The first-order valence-corrected chi connectivity index (χ1v) is 8.52. The maximum absolute atomic E-state index is 8.85. The van der Waals surface area contributed by atoms with Crippen LogP contribution >= 0.6 is 0 Å². The lowest BCUT2D eigenvalue weighted by atomic mass is 10.1. The molecule has 26 heavy (non-hydrogen) atoms. The molecule has 0 radical (unpaired) electrons. The average Bonchev–Trinajstić information content (AvgIpc) is 3.40. The van der Waals surface area contributed by atoms with Crippen molar-refractivity contribution in [1.82, 2.24) is 29.5 Å². The van der Waals surface area contributed by atoms with Gasteiger partial charge in [-0.2, -0.15) is 5.26 Å². The Balaban J connectivity index is 1.39. The largest absolute Gasteiger partial charge is 0.474 e. The molecule has 1 N–H and O–H groups in total. The Labute approximate surface area is 148 Å². The fourth-order valence-electron chi connectivity index (χ4n) is 3.63. The second-order valence-electron chi connectivity index (χ2n) is 6.47. The molecule has 4 aromatic heterocycles. The SMILES string of the molecule is N#Cc1ccc(O[C@@H]2CCC(c3nnc4cnc5[nH]ccc5n34)C2)nc1. The molecular formula is C18H15N7O. The average molecular weight is 345 g/mol. The number of hydrogen-bond donors (Lipinski definition) is 1. The molecule has 1 aliphatic carbocycles. The molecule has 1 unspecified atom stereocenters. The summed E-state index contributed by atoms with van der Waals surface area (Å²) in [4.78, 5) is 11.7.